The standard InChI is InChI=1S/C14H20N4O/c1-17-10-16-13-12(17)6-7-15-14(13)18-8-4-2-3-5-11(18)9-19/h6-7,10-11,19H,2-5,8-9H2,1H3. The molecule has 0 aromatic carbocycles. The second kappa shape index (κ2) is 5.17. The average Bonchev–Trinajstić information content (AvgIpc) is 2.68. The first-order valence-electron chi connectivity index (χ1n) is 6.95. The number of anilines is 1. The van der Waals surface area contributed by atoms with Gasteiger partial charge < -0.3 is 14.6 Å². The molecule has 102 valence electrons. The number of hydrogen-bond donors (Lipinski definition) is 1. The van der Waals surface area contributed by atoms with Gasteiger partial charge in [0.05, 0.1) is 24.5 Å². The van der Waals surface area contributed by atoms with Gasteiger partial charge in [0.2, 0.25) is 0 Å². The number of aryl methyl sites for hydroxylation is 1. The molecule has 1 fully saturated rings. The number of aromatic nitrogens is 3. The van der Waals surface area contributed by atoms with Crippen LogP contribution in [0.15, 0.2) is 18.6 Å². The molecule has 19 heavy (non-hydrogen) atoms. The maximum absolute atomic E-state index is 9.63. The summed E-state index contributed by atoms with van der Waals surface area (Å²) in [6, 6.07) is 2.15. The smallest absolute Gasteiger partial charge is 0.157 e. The molecule has 1 aliphatic heterocycles. The SMILES string of the molecule is Cn1cnc2c(N3CCCCCC3CO)nccc21. The van der Waals surface area contributed by atoms with E-state index in [1.807, 2.05) is 30.2 Å². The first kappa shape index (κ1) is 12.4. The fraction of sp³-hybridized carbons (Fsp3) is 0.571. The van der Waals surface area contributed by atoms with Crippen LogP contribution in [-0.2, 0) is 7.05 Å². The van der Waals surface area contributed by atoms with Crippen LogP contribution in [0.5, 0.6) is 0 Å². The van der Waals surface area contributed by atoms with Crippen LogP contribution in [0.2, 0.25) is 0 Å². The van der Waals surface area contributed by atoms with Crippen molar-refractivity contribution in [3.05, 3.63) is 18.6 Å². The van der Waals surface area contributed by atoms with Crippen molar-refractivity contribution >= 4 is 16.9 Å². The Bertz CT molecular complexity index is 566. The normalized spacial score (nSPS) is 20.7. The molecule has 5 nitrogen and oxygen atoms in total. The number of fused-ring (bicyclic) bond motifs is 1. The molecule has 0 amide bonds. The highest BCUT2D eigenvalue weighted by Gasteiger charge is 2.24. The third-order valence-electron chi connectivity index (χ3n) is 3.98. The van der Waals surface area contributed by atoms with E-state index in [4.69, 9.17) is 0 Å². The highest BCUT2D eigenvalue weighted by atomic mass is 16.3. The number of hydrogen-bond acceptors (Lipinski definition) is 4. The van der Waals surface area contributed by atoms with Gasteiger partial charge in [-0.1, -0.05) is 12.8 Å². The molecule has 3 rings (SSSR count). The monoisotopic (exact) mass is 260 g/mol. The number of imidazole rings is 1. The summed E-state index contributed by atoms with van der Waals surface area (Å²) in [5, 5.41) is 9.63. The number of rotatable bonds is 2. The molecule has 0 aliphatic carbocycles. The number of aliphatic hydroxyl groups excluding tert-OH is 1. The van der Waals surface area contributed by atoms with Gasteiger partial charge in [-0.15, -0.1) is 0 Å². The molecule has 1 unspecified atom stereocenters. The molecular weight excluding hydrogens is 240 g/mol. The number of nitrogens with zero attached hydrogens (tertiary/aromatic N) is 4. The van der Waals surface area contributed by atoms with Crippen molar-refractivity contribution in [2.45, 2.75) is 31.7 Å². The van der Waals surface area contributed by atoms with Crippen molar-refractivity contribution < 1.29 is 5.11 Å². The molecule has 2 aromatic heterocycles. The van der Waals surface area contributed by atoms with Crippen molar-refractivity contribution in [2.75, 3.05) is 18.1 Å². The van der Waals surface area contributed by atoms with Crippen molar-refractivity contribution in [3.8, 4) is 0 Å². The first-order chi connectivity index (χ1) is 9.31. The molecule has 1 atom stereocenters. The van der Waals surface area contributed by atoms with E-state index in [0.29, 0.717) is 0 Å². The van der Waals surface area contributed by atoms with E-state index in [0.717, 1.165) is 36.2 Å². The topological polar surface area (TPSA) is 54.2 Å². The summed E-state index contributed by atoms with van der Waals surface area (Å²) in [5.41, 5.74) is 2.02. The fourth-order valence-electron chi connectivity index (χ4n) is 2.90. The van der Waals surface area contributed by atoms with E-state index in [2.05, 4.69) is 14.9 Å². The zero-order valence-electron chi connectivity index (χ0n) is 11.3. The van der Waals surface area contributed by atoms with E-state index in [1.165, 1.54) is 12.8 Å². The molecular formula is C14H20N4O. The minimum atomic E-state index is 0.169. The van der Waals surface area contributed by atoms with E-state index >= 15 is 0 Å². The van der Waals surface area contributed by atoms with Crippen LogP contribution in [0.4, 0.5) is 5.82 Å². The Hall–Kier alpha value is -1.62. The number of aliphatic hydroxyl groups is 1. The van der Waals surface area contributed by atoms with Gasteiger partial charge in [0.25, 0.3) is 0 Å². The minimum absolute atomic E-state index is 0.169. The fourth-order valence-corrected chi connectivity index (χ4v) is 2.90. The zero-order chi connectivity index (χ0) is 13.2. The van der Waals surface area contributed by atoms with Crippen molar-refractivity contribution in [1.82, 2.24) is 14.5 Å². The van der Waals surface area contributed by atoms with Crippen LogP contribution in [0, 0.1) is 0 Å². The molecule has 0 saturated carbocycles. The molecule has 0 spiro atoms. The Morgan fingerprint density at radius 2 is 2.21 bits per heavy atom. The highest BCUT2D eigenvalue weighted by molar-refractivity contribution is 5.86. The van der Waals surface area contributed by atoms with E-state index in [1.54, 1.807) is 0 Å². The lowest BCUT2D eigenvalue weighted by Crippen LogP contribution is -2.38. The molecule has 1 N–H and O–H groups in total. The van der Waals surface area contributed by atoms with Crippen LogP contribution < -0.4 is 4.90 Å². The summed E-state index contributed by atoms with van der Waals surface area (Å²) in [5.74, 6) is 0.916. The van der Waals surface area contributed by atoms with Gasteiger partial charge in [0.1, 0.15) is 5.52 Å². The summed E-state index contributed by atoms with van der Waals surface area (Å²) in [4.78, 5) is 11.2. The molecule has 1 aliphatic rings. The van der Waals surface area contributed by atoms with E-state index < -0.39 is 0 Å². The molecule has 3 heterocycles. The van der Waals surface area contributed by atoms with Crippen LogP contribution in [0.1, 0.15) is 25.7 Å². The van der Waals surface area contributed by atoms with Crippen molar-refractivity contribution in [3.63, 3.8) is 0 Å². The molecule has 5 heteroatoms. The van der Waals surface area contributed by atoms with Crippen molar-refractivity contribution in [1.29, 1.82) is 0 Å². The Balaban J connectivity index is 2.06. The summed E-state index contributed by atoms with van der Waals surface area (Å²) < 4.78 is 2.01. The molecule has 0 bridgehead atoms. The van der Waals surface area contributed by atoms with Gasteiger partial charge in [-0.05, 0) is 18.9 Å². The lowest BCUT2D eigenvalue weighted by molar-refractivity contribution is 0.254. The van der Waals surface area contributed by atoms with Gasteiger partial charge in [-0.25, -0.2) is 9.97 Å². The van der Waals surface area contributed by atoms with Crippen molar-refractivity contribution in [2.24, 2.45) is 7.05 Å². The summed E-state index contributed by atoms with van der Waals surface area (Å²) in [6.07, 6.45) is 8.24. The largest absolute Gasteiger partial charge is 0.394 e. The van der Waals surface area contributed by atoms with E-state index in [-0.39, 0.29) is 12.6 Å². The van der Waals surface area contributed by atoms with Gasteiger partial charge in [0.15, 0.2) is 5.82 Å². The Morgan fingerprint density at radius 1 is 1.32 bits per heavy atom. The maximum Gasteiger partial charge on any atom is 0.157 e. The predicted octanol–water partition coefficient (Wildman–Crippen LogP) is 1.71. The van der Waals surface area contributed by atoms with Gasteiger partial charge in [0, 0.05) is 19.8 Å². The minimum Gasteiger partial charge on any atom is -0.394 e. The Morgan fingerprint density at radius 3 is 3.05 bits per heavy atom. The zero-order valence-corrected chi connectivity index (χ0v) is 11.3. The maximum atomic E-state index is 9.63. The van der Waals surface area contributed by atoms with Gasteiger partial charge in [-0.2, -0.15) is 0 Å². The number of pyridine rings is 1. The average molecular weight is 260 g/mol. The quantitative estimate of drug-likeness (QED) is 0.893. The summed E-state index contributed by atoms with van der Waals surface area (Å²) in [7, 11) is 1.99. The second-order valence-electron chi connectivity index (χ2n) is 5.24. The van der Waals surface area contributed by atoms with Crippen LogP contribution in [-0.4, -0.2) is 38.8 Å². The van der Waals surface area contributed by atoms with Gasteiger partial charge in [-0.3, -0.25) is 0 Å². The third-order valence-corrected chi connectivity index (χ3v) is 3.98. The van der Waals surface area contributed by atoms with Gasteiger partial charge >= 0.3 is 0 Å². The second-order valence-corrected chi connectivity index (χ2v) is 5.24. The summed E-state index contributed by atoms with van der Waals surface area (Å²) in [6.45, 7) is 1.14. The van der Waals surface area contributed by atoms with Crippen LogP contribution in [0.3, 0.4) is 0 Å². The molecule has 2 aromatic rings. The first-order valence-corrected chi connectivity index (χ1v) is 6.95. The molecule has 0 radical (unpaired) electrons. The van der Waals surface area contributed by atoms with Crippen LogP contribution in [0.25, 0.3) is 11.0 Å². The summed E-state index contributed by atoms with van der Waals surface area (Å²) >= 11 is 0. The lowest BCUT2D eigenvalue weighted by atomic mass is 10.1. The Labute approximate surface area is 112 Å². The van der Waals surface area contributed by atoms with Crippen LogP contribution >= 0.6 is 0 Å². The molecule has 1 saturated heterocycles. The van der Waals surface area contributed by atoms with E-state index in [9.17, 15) is 5.11 Å². The Kier molecular flexibility index (Phi) is 3.38. The highest BCUT2D eigenvalue weighted by Crippen LogP contribution is 2.27. The third kappa shape index (κ3) is 2.18. The lowest BCUT2D eigenvalue weighted by Gasteiger charge is -2.29. The predicted molar refractivity (Wildman–Crippen MR) is 75.2 cm³/mol.